The topological polar surface area (TPSA) is 96.4 Å². The summed E-state index contributed by atoms with van der Waals surface area (Å²) in [6, 6.07) is -1.53. The van der Waals surface area contributed by atoms with Gasteiger partial charge in [0.1, 0.15) is 17.6 Å². The van der Waals surface area contributed by atoms with Gasteiger partial charge in [-0.2, -0.15) is 0 Å². The molecule has 0 radical (unpaired) electrons. The van der Waals surface area contributed by atoms with Crippen molar-refractivity contribution in [3.63, 3.8) is 0 Å². The summed E-state index contributed by atoms with van der Waals surface area (Å²) in [7, 11) is 0. The van der Waals surface area contributed by atoms with Gasteiger partial charge in [0.25, 0.3) is 0 Å². The van der Waals surface area contributed by atoms with Crippen molar-refractivity contribution in [2.45, 2.75) is 96.6 Å². The molecule has 0 aromatic heterocycles. The summed E-state index contributed by atoms with van der Waals surface area (Å²) in [6.07, 6.45) is 9.60. The highest BCUT2D eigenvalue weighted by Gasteiger charge is 2.72. The zero-order chi connectivity index (χ0) is 26.5. The standard InChI is InChI=1S/C28H42N2O6/c1-7-18(16-31)30-22-24(33)29(27(5,6)17-26(2,3)4)14-11-13-28(22)21(23(30)32)20-19(36-28)12-9-8-10-15-35-25(20)34/h9,11-13,18-22,31H,7-8,10,14-17H2,1-6H3/b12-9-/t18-,19+,20-,21-,22?,28-/m0/s1. The van der Waals surface area contributed by atoms with Crippen LogP contribution in [-0.2, 0) is 23.9 Å². The van der Waals surface area contributed by atoms with Crippen LogP contribution in [0.15, 0.2) is 24.3 Å². The molecule has 4 rings (SSSR count). The van der Waals surface area contributed by atoms with E-state index < -0.39 is 47.1 Å². The normalized spacial score (nSPS) is 34.7. The first-order valence-corrected chi connectivity index (χ1v) is 13.3. The Morgan fingerprint density at radius 1 is 1.14 bits per heavy atom. The molecular weight excluding hydrogens is 460 g/mol. The van der Waals surface area contributed by atoms with E-state index in [1.54, 1.807) is 0 Å². The van der Waals surface area contributed by atoms with Gasteiger partial charge >= 0.3 is 5.97 Å². The van der Waals surface area contributed by atoms with Crippen LogP contribution in [0.5, 0.6) is 0 Å². The SMILES string of the molecule is CC[C@@H](CO)N1C(=O)[C@@H]2[C@H]3C(=O)OCCC/C=C\[C@H]3O[C@@]23C=CCN(C(C)(C)CC(C)(C)C)C(=O)C13. The second-order valence-corrected chi connectivity index (χ2v) is 12.5. The van der Waals surface area contributed by atoms with Crippen LogP contribution in [0.4, 0.5) is 0 Å². The van der Waals surface area contributed by atoms with Gasteiger partial charge in [-0.1, -0.05) is 52.0 Å². The number of allylic oxidation sites excluding steroid dienone is 1. The first-order valence-electron chi connectivity index (χ1n) is 13.3. The number of carbonyl (C=O) groups excluding carboxylic acids is 3. The number of ether oxygens (including phenoxy) is 2. The average Bonchev–Trinajstić information content (AvgIpc) is 3.18. The molecular formula is C28H42N2O6. The van der Waals surface area contributed by atoms with E-state index in [1.807, 2.05) is 36.1 Å². The number of nitrogens with zero attached hydrogens (tertiary/aromatic N) is 2. The number of hydrogen-bond donors (Lipinski definition) is 1. The van der Waals surface area contributed by atoms with E-state index in [9.17, 15) is 19.5 Å². The van der Waals surface area contributed by atoms with Gasteiger partial charge in [0.15, 0.2) is 0 Å². The Balaban J connectivity index is 1.84. The van der Waals surface area contributed by atoms with Gasteiger partial charge < -0.3 is 24.4 Å². The molecule has 4 aliphatic heterocycles. The fourth-order valence-corrected chi connectivity index (χ4v) is 6.94. The van der Waals surface area contributed by atoms with E-state index in [2.05, 4.69) is 34.6 Å². The van der Waals surface area contributed by atoms with Crippen LogP contribution in [0.25, 0.3) is 0 Å². The molecule has 0 saturated carbocycles. The van der Waals surface area contributed by atoms with Gasteiger partial charge in [0.05, 0.1) is 31.3 Å². The molecule has 0 aromatic carbocycles. The summed E-state index contributed by atoms with van der Waals surface area (Å²) >= 11 is 0. The third-order valence-corrected chi connectivity index (χ3v) is 8.06. The summed E-state index contributed by atoms with van der Waals surface area (Å²) < 4.78 is 12.2. The number of aliphatic hydroxyl groups is 1. The van der Waals surface area contributed by atoms with Crippen molar-refractivity contribution in [2.75, 3.05) is 19.8 Å². The molecule has 1 spiro atoms. The van der Waals surface area contributed by atoms with Crippen LogP contribution in [0, 0.1) is 17.3 Å². The first-order chi connectivity index (χ1) is 16.9. The molecule has 2 amide bonds. The third-order valence-electron chi connectivity index (χ3n) is 8.06. The fraction of sp³-hybridized carbons (Fsp3) is 0.750. The van der Waals surface area contributed by atoms with E-state index >= 15 is 0 Å². The smallest absolute Gasteiger partial charge is 0.312 e. The van der Waals surface area contributed by atoms with Gasteiger partial charge in [0, 0.05) is 12.1 Å². The molecule has 200 valence electrons. The molecule has 4 heterocycles. The van der Waals surface area contributed by atoms with Gasteiger partial charge in [-0.3, -0.25) is 14.4 Å². The van der Waals surface area contributed by atoms with E-state index in [1.165, 1.54) is 4.90 Å². The van der Waals surface area contributed by atoms with Gasteiger partial charge in [-0.25, -0.2) is 0 Å². The third kappa shape index (κ3) is 4.40. The van der Waals surface area contributed by atoms with Crippen molar-refractivity contribution < 1.29 is 29.0 Å². The largest absolute Gasteiger partial charge is 0.465 e. The van der Waals surface area contributed by atoms with Crippen LogP contribution < -0.4 is 0 Å². The Kier molecular flexibility index (Phi) is 7.16. The summed E-state index contributed by atoms with van der Waals surface area (Å²) in [4.78, 5) is 45.2. The minimum absolute atomic E-state index is 0.0232. The maximum absolute atomic E-state index is 14.5. The van der Waals surface area contributed by atoms with Crippen LogP contribution in [0.2, 0.25) is 0 Å². The molecule has 8 nitrogen and oxygen atoms in total. The van der Waals surface area contributed by atoms with Crippen molar-refractivity contribution in [1.29, 1.82) is 0 Å². The lowest BCUT2D eigenvalue weighted by Gasteiger charge is -2.45. The van der Waals surface area contributed by atoms with Gasteiger partial charge in [0.2, 0.25) is 11.8 Å². The molecule has 0 aromatic rings. The Bertz CT molecular complexity index is 946. The van der Waals surface area contributed by atoms with Crippen molar-refractivity contribution in [2.24, 2.45) is 17.3 Å². The Morgan fingerprint density at radius 2 is 1.86 bits per heavy atom. The quantitative estimate of drug-likeness (QED) is 0.459. The summed E-state index contributed by atoms with van der Waals surface area (Å²) in [5.74, 6) is -2.74. The van der Waals surface area contributed by atoms with Crippen LogP contribution >= 0.6 is 0 Å². The molecule has 1 unspecified atom stereocenters. The lowest BCUT2D eigenvalue weighted by Crippen LogP contribution is -2.61. The molecule has 0 bridgehead atoms. The number of hydrogen-bond acceptors (Lipinski definition) is 6. The number of fused-ring (bicyclic) bond motifs is 2. The summed E-state index contributed by atoms with van der Waals surface area (Å²) in [6.45, 7) is 12.8. The number of aliphatic hydroxyl groups excluding tert-OH is 1. The zero-order valence-electron chi connectivity index (χ0n) is 22.5. The summed E-state index contributed by atoms with van der Waals surface area (Å²) in [5.41, 5.74) is -1.82. The average molecular weight is 503 g/mol. The molecule has 1 N–H and O–H groups in total. The Morgan fingerprint density at radius 3 is 2.50 bits per heavy atom. The minimum atomic E-state index is -1.30. The van der Waals surface area contributed by atoms with Crippen LogP contribution in [0.1, 0.15) is 67.2 Å². The van der Waals surface area contributed by atoms with E-state index in [0.29, 0.717) is 19.4 Å². The fourth-order valence-electron chi connectivity index (χ4n) is 6.94. The number of amides is 2. The lowest BCUT2D eigenvalue weighted by atomic mass is 9.77. The number of cyclic esters (lactones) is 1. The highest BCUT2D eigenvalue weighted by Crippen LogP contribution is 2.54. The highest BCUT2D eigenvalue weighted by molar-refractivity contribution is 5.99. The van der Waals surface area contributed by atoms with Crippen molar-refractivity contribution in [3.8, 4) is 0 Å². The van der Waals surface area contributed by atoms with Gasteiger partial charge in [-0.05, 0) is 44.9 Å². The van der Waals surface area contributed by atoms with Crippen molar-refractivity contribution in [1.82, 2.24) is 9.80 Å². The maximum atomic E-state index is 14.5. The number of rotatable bonds is 5. The monoisotopic (exact) mass is 502 g/mol. The molecule has 4 aliphatic rings. The molecule has 6 atom stereocenters. The molecule has 2 fully saturated rings. The highest BCUT2D eigenvalue weighted by atomic mass is 16.6. The summed E-state index contributed by atoms with van der Waals surface area (Å²) in [5, 5.41) is 10.2. The van der Waals surface area contributed by atoms with Crippen LogP contribution in [-0.4, -0.2) is 81.8 Å². The molecule has 8 heteroatoms. The first kappa shape index (κ1) is 26.9. The number of carbonyl (C=O) groups is 3. The number of likely N-dealkylation sites (tertiary alicyclic amines) is 1. The molecule has 36 heavy (non-hydrogen) atoms. The van der Waals surface area contributed by atoms with E-state index in [-0.39, 0.29) is 30.4 Å². The zero-order valence-corrected chi connectivity index (χ0v) is 22.5. The Hall–Kier alpha value is -2.19. The predicted octanol–water partition coefficient (Wildman–Crippen LogP) is 2.84. The number of esters is 1. The van der Waals surface area contributed by atoms with Crippen molar-refractivity contribution in [3.05, 3.63) is 24.3 Å². The van der Waals surface area contributed by atoms with Gasteiger partial charge in [-0.15, -0.1) is 0 Å². The minimum Gasteiger partial charge on any atom is -0.465 e. The second kappa shape index (κ2) is 9.60. The lowest BCUT2D eigenvalue weighted by molar-refractivity contribution is -0.157. The Labute approximate surface area is 214 Å². The maximum Gasteiger partial charge on any atom is 0.312 e. The predicted molar refractivity (Wildman–Crippen MR) is 135 cm³/mol. The second-order valence-electron chi connectivity index (χ2n) is 12.5. The van der Waals surface area contributed by atoms with Crippen LogP contribution in [0.3, 0.4) is 0 Å². The van der Waals surface area contributed by atoms with E-state index in [4.69, 9.17) is 9.47 Å². The molecule has 2 saturated heterocycles. The van der Waals surface area contributed by atoms with Crippen molar-refractivity contribution >= 4 is 17.8 Å². The molecule has 0 aliphatic carbocycles. The van der Waals surface area contributed by atoms with E-state index in [0.717, 1.165) is 12.8 Å².